The Kier molecular flexibility index (Phi) is 10.1. The fourth-order valence-corrected chi connectivity index (χ4v) is 6.12. The van der Waals surface area contributed by atoms with E-state index in [1.165, 1.54) is 5.69 Å². The van der Waals surface area contributed by atoms with E-state index in [0.717, 1.165) is 76.5 Å². The summed E-state index contributed by atoms with van der Waals surface area (Å²) in [6.07, 6.45) is 2.69. The number of likely N-dealkylation sites (N-methyl/N-ethyl adjacent to an activating group) is 1. The van der Waals surface area contributed by atoms with Crippen LogP contribution in [0.4, 0.5) is 17.1 Å². The number of para-hydroxylation sites is 1. The molecule has 7 rings (SSSR count). The Morgan fingerprint density at radius 2 is 1.63 bits per heavy atom. The second kappa shape index (κ2) is 15.5. The molecule has 1 aliphatic carbocycles. The van der Waals surface area contributed by atoms with Gasteiger partial charge >= 0.3 is 5.36 Å². The van der Waals surface area contributed by atoms with Crippen molar-refractivity contribution in [2.75, 3.05) is 36.5 Å². The zero-order valence-corrected chi connectivity index (χ0v) is 29.5. The molecule has 0 bridgehead atoms. The molecule has 11 heteroatoms. The average Bonchev–Trinajstić information content (AvgIpc) is 3.66. The molecule has 2 aliphatic rings. The van der Waals surface area contributed by atoms with Gasteiger partial charge in [0.25, 0.3) is 0 Å². The van der Waals surface area contributed by atoms with Gasteiger partial charge in [-0.25, -0.2) is 4.98 Å². The number of aromatic nitrogens is 5. The third kappa shape index (κ3) is 7.60. The van der Waals surface area contributed by atoms with Gasteiger partial charge in [-0.3, -0.25) is 9.48 Å². The van der Waals surface area contributed by atoms with Gasteiger partial charge < -0.3 is 19.1 Å². The molecule has 1 aromatic heterocycles. The molecule has 2 heterocycles. The fraction of sp³-hybridized carbons (Fsp3) is 0.195. The van der Waals surface area contributed by atoms with E-state index in [1.807, 2.05) is 55.7 Å². The Balaban J connectivity index is 1.07. The minimum absolute atomic E-state index is 0.296. The van der Waals surface area contributed by atoms with Crippen molar-refractivity contribution in [3.63, 3.8) is 0 Å². The van der Waals surface area contributed by atoms with Crippen LogP contribution in [-0.4, -0.2) is 62.3 Å². The van der Waals surface area contributed by atoms with E-state index < -0.39 is 0 Å². The summed E-state index contributed by atoms with van der Waals surface area (Å²) < 4.78 is 9.84. The maximum atomic E-state index is 10.9. The highest BCUT2D eigenvalue weighted by Gasteiger charge is 2.17. The van der Waals surface area contributed by atoms with Gasteiger partial charge in [0.05, 0.1) is 46.0 Å². The predicted octanol–water partition coefficient (Wildman–Crippen LogP) is 6.99. The van der Waals surface area contributed by atoms with E-state index in [9.17, 15) is 4.79 Å². The molecule has 0 saturated heterocycles. The van der Waals surface area contributed by atoms with Crippen LogP contribution in [0.5, 0.6) is 5.75 Å². The molecule has 0 spiro atoms. The number of benzene rings is 5. The summed E-state index contributed by atoms with van der Waals surface area (Å²) in [7, 11) is 2.04. The minimum atomic E-state index is 0.296. The van der Waals surface area contributed by atoms with Crippen LogP contribution >= 0.6 is 0 Å². The topological polar surface area (TPSA) is 108 Å². The van der Waals surface area contributed by atoms with Crippen molar-refractivity contribution < 1.29 is 14.3 Å². The first-order chi connectivity index (χ1) is 25.5. The van der Waals surface area contributed by atoms with Gasteiger partial charge in [-0.05, 0) is 98.8 Å². The molecule has 1 aliphatic heterocycles. The van der Waals surface area contributed by atoms with Crippen molar-refractivity contribution in [2.45, 2.75) is 27.0 Å². The summed E-state index contributed by atoms with van der Waals surface area (Å²) in [5.74, 6) is 0.673. The van der Waals surface area contributed by atoms with Crippen molar-refractivity contribution >= 4 is 34.4 Å². The first-order valence-corrected chi connectivity index (χ1v) is 17.4. The molecule has 5 aromatic rings. The maximum absolute atomic E-state index is 10.9. The number of ether oxygens (including phenoxy) is 1. The highest BCUT2D eigenvalue weighted by atomic mass is 16.5. The van der Waals surface area contributed by atoms with Crippen LogP contribution in [0.15, 0.2) is 127 Å². The molecular formula is C41H40N9O2+. The second-order valence-electron chi connectivity index (χ2n) is 12.4. The first kappa shape index (κ1) is 33.9. The Bertz CT molecular complexity index is 2360. The summed E-state index contributed by atoms with van der Waals surface area (Å²) >= 11 is 0. The molecule has 0 saturated carbocycles. The number of hydrogen-bond acceptors (Lipinski definition) is 8. The van der Waals surface area contributed by atoms with Gasteiger partial charge in [-0.2, -0.15) is 0 Å². The minimum Gasteiger partial charge on any atom is -0.487 e. The molecule has 0 atom stereocenters. The quantitative estimate of drug-likeness (QED) is 0.0556. The van der Waals surface area contributed by atoms with Gasteiger partial charge in [0, 0.05) is 55.4 Å². The van der Waals surface area contributed by atoms with Crippen molar-refractivity contribution in [3.05, 3.63) is 138 Å². The molecule has 0 amide bonds. The van der Waals surface area contributed by atoms with Crippen LogP contribution < -0.4 is 19.9 Å². The van der Waals surface area contributed by atoms with Gasteiger partial charge in [-0.15, -0.1) is 5.10 Å². The number of aldehydes is 1. The maximum Gasteiger partial charge on any atom is 0.367 e. The van der Waals surface area contributed by atoms with E-state index in [0.29, 0.717) is 24.5 Å². The van der Waals surface area contributed by atoms with Gasteiger partial charge in [-0.1, -0.05) is 23.4 Å². The molecule has 11 nitrogen and oxygen atoms in total. The number of hydrogen-bond donors (Lipinski definition) is 0. The summed E-state index contributed by atoms with van der Waals surface area (Å²) in [4.78, 5) is 25.0. The Morgan fingerprint density at radius 1 is 0.865 bits per heavy atom. The van der Waals surface area contributed by atoms with Crippen LogP contribution in [-0.2, 0) is 13.2 Å². The zero-order chi connectivity index (χ0) is 35.9. The van der Waals surface area contributed by atoms with Crippen LogP contribution in [0, 0.1) is 0 Å². The number of carbonyl (C=O) groups excluding carboxylic acids is 1. The van der Waals surface area contributed by atoms with Crippen molar-refractivity contribution in [1.82, 2.24) is 24.5 Å². The van der Waals surface area contributed by atoms with Crippen molar-refractivity contribution in [1.29, 1.82) is 0 Å². The standard InChI is InChI=1S/C41H40N9O2/c1-4-48(5-2)36-18-22-39-41(26-36)50(35-9-7-6-8-10-35)40-25-32(15-21-38(40)42-39)44-43-31-13-16-34(17-14-31)47(3)23-24-49-27-33(45-46-49)29-52-37-19-11-30(28-51)12-20-37/h6-22,25-28H,4-5,23-24,29H2,1-3H3/q+1. The highest BCUT2D eigenvalue weighted by molar-refractivity contribution is 5.86. The number of carbonyl (C=O) groups is 1. The number of rotatable bonds is 13. The van der Waals surface area contributed by atoms with Gasteiger partial charge in [0.15, 0.2) is 0 Å². The van der Waals surface area contributed by atoms with Gasteiger partial charge in [0.2, 0.25) is 0 Å². The van der Waals surface area contributed by atoms with Crippen LogP contribution in [0.1, 0.15) is 29.9 Å². The third-order valence-electron chi connectivity index (χ3n) is 9.01. The number of anilines is 2. The lowest BCUT2D eigenvalue weighted by Gasteiger charge is -2.23. The lowest BCUT2D eigenvalue weighted by molar-refractivity contribution is -0.132. The van der Waals surface area contributed by atoms with Crippen LogP contribution in [0.3, 0.4) is 0 Å². The molecule has 0 unspecified atom stereocenters. The molecule has 0 N–H and O–H groups in total. The SMILES string of the molecule is CCN(CC)c1ccc2nc3ccc(=[N+]=Nc4ccc(N(C)CCn5cc(COc6ccc(C=O)cc6)nn5)cc4)cc-3n(-c3ccccc3)c2c1. The monoisotopic (exact) mass is 690 g/mol. The zero-order valence-electron chi connectivity index (χ0n) is 29.5. The van der Waals surface area contributed by atoms with Crippen molar-refractivity contribution in [2.24, 2.45) is 5.11 Å². The lowest BCUT2D eigenvalue weighted by atomic mass is 10.1. The van der Waals surface area contributed by atoms with Gasteiger partial charge in [0.1, 0.15) is 35.1 Å². The fourth-order valence-electron chi connectivity index (χ4n) is 6.12. The normalized spacial score (nSPS) is 11.0. The summed E-state index contributed by atoms with van der Waals surface area (Å²) in [5.41, 5.74) is 9.19. The largest absolute Gasteiger partial charge is 0.487 e. The first-order valence-electron chi connectivity index (χ1n) is 17.4. The molecule has 0 radical (unpaired) electrons. The molecule has 0 fully saturated rings. The lowest BCUT2D eigenvalue weighted by Crippen LogP contribution is -2.22. The number of fused-ring (bicyclic) bond motifs is 2. The second-order valence-corrected chi connectivity index (χ2v) is 12.4. The van der Waals surface area contributed by atoms with E-state index in [-0.39, 0.29) is 0 Å². The van der Waals surface area contributed by atoms with E-state index in [4.69, 9.17) is 9.72 Å². The summed E-state index contributed by atoms with van der Waals surface area (Å²) in [5, 5.41) is 13.8. The summed E-state index contributed by atoms with van der Waals surface area (Å²) in [6.45, 7) is 7.90. The molecule has 4 aromatic carbocycles. The molecular weight excluding hydrogens is 651 g/mol. The van der Waals surface area contributed by atoms with E-state index in [2.05, 4.69) is 97.0 Å². The van der Waals surface area contributed by atoms with Crippen LogP contribution in [0.25, 0.3) is 28.1 Å². The third-order valence-corrected chi connectivity index (χ3v) is 9.01. The highest BCUT2D eigenvalue weighted by Crippen LogP contribution is 2.30. The average molecular weight is 691 g/mol. The van der Waals surface area contributed by atoms with Crippen molar-refractivity contribution in [3.8, 4) is 22.8 Å². The molecule has 52 heavy (non-hydrogen) atoms. The Hall–Kier alpha value is -6.58. The summed E-state index contributed by atoms with van der Waals surface area (Å²) in [6, 6.07) is 37.9. The number of nitrogens with zero attached hydrogens (tertiary/aromatic N) is 9. The Morgan fingerprint density at radius 3 is 2.38 bits per heavy atom. The van der Waals surface area contributed by atoms with Crippen LogP contribution in [0.2, 0.25) is 0 Å². The smallest absolute Gasteiger partial charge is 0.367 e. The van der Waals surface area contributed by atoms with E-state index >= 15 is 0 Å². The molecule has 260 valence electrons. The Labute approximate surface area is 302 Å². The predicted molar refractivity (Wildman–Crippen MR) is 203 cm³/mol. The van der Waals surface area contributed by atoms with E-state index in [1.54, 1.807) is 28.9 Å².